The van der Waals surface area contributed by atoms with Crippen molar-refractivity contribution in [2.75, 3.05) is 20.6 Å². The Kier molecular flexibility index (Phi) is 3.62. The number of benzene rings is 1. The molecule has 96 valence electrons. The first kappa shape index (κ1) is 12.6. The van der Waals surface area contributed by atoms with Crippen LogP contribution in [0.3, 0.4) is 0 Å². The van der Waals surface area contributed by atoms with Gasteiger partial charge in [-0.1, -0.05) is 0 Å². The Labute approximate surface area is 106 Å². The van der Waals surface area contributed by atoms with Gasteiger partial charge in [-0.05, 0) is 45.3 Å². The van der Waals surface area contributed by atoms with Gasteiger partial charge in [0.25, 0.3) is 0 Å². The van der Waals surface area contributed by atoms with Crippen LogP contribution in [0.2, 0.25) is 0 Å². The monoisotopic (exact) mass is 247 g/mol. The van der Waals surface area contributed by atoms with Crippen molar-refractivity contribution in [1.29, 1.82) is 0 Å². The molecule has 0 unspecified atom stereocenters. The Bertz CT molecular complexity index is 560. The third-order valence-electron chi connectivity index (χ3n) is 2.87. The number of fused-ring (bicyclic) bond motifs is 1. The third kappa shape index (κ3) is 2.68. The summed E-state index contributed by atoms with van der Waals surface area (Å²) in [5.41, 5.74) is 2.02. The van der Waals surface area contributed by atoms with Crippen LogP contribution in [0.15, 0.2) is 24.5 Å². The fraction of sp³-hybridized carbons (Fsp3) is 0.385. The summed E-state index contributed by atoms with van der Waals surface area (Å²) in [6.07, 6.45) is 2.78. The second-order valence-corrected chi connectivity index (χ2v) is 4.60. The molecule has 0 aliphatic rings. The number of imidazole rings is 1. The van der Waals surface area contributed by atoms with Gasteiger partial charge in [-0.25, -0.2) is 9.78 Å². The van der Waals surface area contributed by atoms with Crippen LogP contribution < -0.4 is 0 Å². The lowest BCUT2D eigenvalue weighted by Crippen LogP contribution is -2.14. The highest BCUT2D eigenvalue weighted by Gasteiger charge is 2.07. The lowest BCUT2D eigenvalue weighted by molar-refractivity contribution is 0.0697. The highest BCUT2D eigenvalue weighted by molar-refractivity contribution is 5.92. The van der Waals surface area contributed by atoms with E-state index in [2.05, 4.69) is 9.88 Å². The number of aromatic nitrogens is 2. The van der Waals surface area contributed by atoms with Gasteiger partial charge in [0.15, 0.2) is 0 Å². The van der Waals surface area contributed by atoms with Gasteiger partial charge in [-0.2, -0.15) is 0 Å². The summed E-state index contributed by atoms with van der Waals surface area (Å²) in [4.78, 5) is 17.3. The van der Waals surface area contributed by atoms with Crippen LogP contribution in [-0.4, -0.2) is 46.2 Å². The van der Waals surface area contributed by atoms with Crippen molar-refractivity contribution in [1.82, 2.24) is 14.5 Å². The normalized spacial score (nSPS) is 11.3. The third-order valence-corrected chi connectivity index (χ3v) is 2.87. The summed E-state index contributed by atoms with van der Waals surface area (Å²) in [5, 5.41) is 8.99. The predicted molar refractivity (Wildman–Crippen MR) is 69.9 cm³/mol. The first-order valence-electron chi connectivity index (χ1n) is 5.91. The summed E-state index contributed by atoms with van der Waals surface area (Å²) in [7, 11) is 4.07. The maximum absolute atomic E-state index is 10.9. The zero-order valence-corrected chi connectivity index (χ0v) is 10.6. The van der Waals surface area contributed by atoms with E-state index >= 15 is 0 Å². The van der Waals surface area contributed by atoms with E-state index in [1.165, 1.54) is 0 Å². The van der Waals surface area contributed by atoms with Gasteiger partial charge in [-0.15, -0.1) is 0 Å². The van der Waals surface area contributed by atoms with Crippen molar-refractivity contribution in [3.05, 3.63) is 30.1 Å². The Morgan fingerprint density at radius 2 is 2.22 bits per heavy atom. The van der Waals surface area contributed by atoms with Gasteiger partial charge >= 0.3 is 5.97 Å². The quantitative estimate of drug-likeness (QED) is 0.873. The van der Waals surface area contributed by atoms with Gasteiger partial charge in [0.1, 0.15) is 0 Å². The first-order valence-corrected chi connectivity index (χ1v) is 5.91. The van der Waals surface area contributed by atoms with E-state index in [4.69, 9.17) is 5.11 Å². The molecule has 5 nitrogen and oxygen atoms in total. The summed E-state index contributed by atoms with van der Waals surface area (Å²) >= 11 is 0. The van der Waals surface area contributed by atoms with Gasteiger partial charge in [0, 0.05) is 6.54 Å². The fourth-order valence-corrected chi connectivity index (χ4v) is 1.93. The van der Waals surface area contributed by atoms with Gasteiger partial charge < -0.3 is 14.6 Å². The van der Waals surface area contributed by atoms with Crippen LogP contribution in [-0.2, 0) is 6.54 Å². The number of hydrogen-bond acceptors (Lipinski definition) is 3. The lowest BCUT2D eigenvalue weighted by Gasteiger charge is -2.10. The minimum atomic E-state index is -0.905. The molecular weight excluding hydrogens is 230 g/mol. The average molecular weight is 247 g/mol. The number of aryl methyl sites for hydroxylation is 1. The topological polar surface area (TPSA) is 58.4 Å². The molecule has 0 amide bonds. The van der Waals surface area contributed by atoms with Crippen LogP contribution in [0, 0.1) is 0 Å². The Hall–Kier alpha value is -1.88. The van der Waals surface area contributed by atoms with E-state index in [0.717, 1.165) is 30.5 Å². The zero-order valence-electron chi connectivity index (χ0n) is 10.6. The molecule has 0 bridgehead atoms. The highest BCUT2D eigenvalue weighted by atomic mass is 16.4. The van der Waals surface area contributed by atoms with Crippen molar-refractivity contribution < 1.29 is 9.90 Å². The van der Waals surface area contributed by atoms with Gasteiger partial charge in [0.2, 0.25) is 0 Å². The van der Waals surface area contributed by atoms with Crippen LogP contribution in [0.25, 0.3) is 11.0 Å². The standard InChI is InChI=1S/C13H17N3O2/c1-15(2)6-3-7-16-9-14-11-5-4-10(13(17)18)8-12(11)16/h4-5,8-9H,3,6-7H2,1-2H3,(H,17,18). The second kappa shape index (κ2) is 5.18. The van der Waals surface area contributed by atoms with Crippen molar-refractivity contribution in [2.45, 2.75) is 13.0 Å². The number of carboxylic acid groups (broad SMARTS) is 1. The van der Waals surface area contributed by atoms with Crippen LogP contribution in [0.4, 0.5) is 0 Å². The molecule has 1 heterocycles. The smallest absolute Gasteiger partial charge is 0.335 e. The lowest BCUT2D eigenvalue weighted by atomic mass is 10.2. The predicted octanol–water partition coefficient (Wildman–Crippen LogP) is 1.69. The Balaban J connectivity index is 2.22. The molecule has 0 aliphatic heterocycles. The fourth-order valence-electron chi connectivity index (χ4n) is 1.93. The molecule has 2 aromatic rings. The maximum Gasteiger partial charge on any atom is 0.335 e. The maximum atomic E-state index is 10.9. The number of nitrogens with zero attached hydrogens (tertiary/aromatic N) is 3. The largest absolute Gasteiger partial charge is 0.478 e. The van der Waals surface area contributed by atoms with E-state index in [0.29, 0.717) is 5.56 Å². The molecular formula is C13H17N3O2. The van der Waals surface area contributed by atoms with E-state index in [-0.39, 0.29) is 0 Å². The summed E-state index contributed by atoms with van der Waals surface area (Å²) in [5.74, 6) is -0.905. The van der Waals surface area contributed by atoms with Gasteiger partial charge in [-0.3, -0.25) is 0 Å². The van der Waals surface area contributed by atoms with Crippen LogP contribution in [0.5, 0.6) is 0 Å². The van der Waals surface area contributed by atoms with Crippen molar-refractivity contribution >= 4 is 17.0 Å². The number of hydrogen-bond donors (Lipinski definition) is 1. The van der Waals surface area contributed by atoms with Crippen LogP contribution in [0.1, 0.15) is 16.8 Å². The number of aromatic carboxylic acids is 1. The van der Waals surface area contributed by atoms with E-state index < -0.39 is 5.97 Å². The Morgan fingerprint density at radius 1 is 1.44 bits per heavy atom. The molecule has 1 aromatic carbocycles. The van der Waals surface area contributed by atoms with Crippen molar-refractivity contribution in [3.8, 4) is 0 Å². The minimum absolute atomic E-state index is 0.303. The number of carbonyl (C=O) groups is 1. The van der Waals surface area contributed by atoms with E-state index in [9.17, 15) is 4.79 Å². The van der Waals surface area contributed by atoms with Crippen molar-refractivity contribution in [2.24, 2.45) is 0 Å². The molecule has 0 aliphatic carbocycles. The molecule has 18 heavy (non-hydrogen) atoms. The molecule has 0 saturated heterocycles. The molecule has 2 rings (SSSR count). The second-order valence-electron chi connectivity index (χ2n) is 4.60. The summed E-state index contributed by atoms with van der Waals surface area (Å²) in [6, 6.07) is 5.02. The Morgan fingerprint density at radius 3 is 2.89 bits per heavy atom. The SMILES string of the molecule is CN(C)CCCn1cnc2ccc(C(=O)O)cc21. The van der Waals surface area contributed by atoms with Crippen LogP contribution >= 0.6 is 0 Å². The van der Waals surface area contributed by atoms with E-state index in [1.54, 1.807) is 24.5 Å². The molecule has 0 saturated carbocycles. The molecule has 0 radical (unpaired) electrons. The molecule has 1 aromatic heterocycles. The molecule has 5 heteroatoms. The number of carboxylic acids is 1. The first-order chi connectivity index (χ1) is 8.58. The molecule has 0 fully saturated rings. The average Bonchev–Trinajstić information content (AvgIpc) is 2.71. The van der Waals surface area contributed by atoms with Crippen molar-refractivity contribution in [3.63, 3.8) is 0 Å². The highest BCUT2D eigenvalue weighted by Crippen LogP contribution is 2.15. The minimum Gasteiger partial charge on any atom is -0.478 e. The summed E-state index contributed by atoms with van der Waals surface area (Å²) < 4.78 is 2.01. The molecule has 0 spiro atoms. The number of rotatable bonds is 5. The molecule has 1 N–H and O–H groups in total. The molecule has 0 atom stereocenters. The van der Waals surface area contributed by atoms with Gasteiger partial charge in [0.05, 0.1) is 22.9 Å². The zero-order chi connectivity index (χ0) is 13.1. The summed E-state index contributed by atoms with van der Waals surface area (Å²) in [6.45, 7) is 1.84. The van der Waals surface area contributed by atoms with E-state index in [1.807, 2.05) is 18.7 Å².